The topological polar surface area (TPSA) is 66.5 Å². The molecule has 9 heteroatoms. The van der Waals surface area contributed by atoms with E-state index in [1.54, 1.807) is 18.2 Å². The average Bonchev–Trinajstić information content (AvgIpc) is 3.19. The van der Waals surface area contributed by atoms with Gasteiger partial charge in [0.15, 0.2) is 0 Å². The number of carbonyl (C=O) groups is 1. The normalized spacial score (nSPS) is 18.7. The highest BCUT2D eigenvalue weighted by molar-refractivity contribution is 14.1. The number of halogens is 2. The molecule has 128 valence electrons. The van der Waals surface area contributed by atoms with E-state index in [0.29, 0.717) is 29.4 Å². The summed E-state index contributed by atoms with van der Waals surface area (Å²) in [5.41, 5.74) is 0.656. The van der Waals surface area contributed by atoms with E-state index in [0.717, 1.165) is 14.9 Å². The lowest BCUT2D eigenvalue weighted by atomic mass is 10.2. The molecule has 0 aliphatic carbocycles. The van der Waals surface area contributed by atoms with E-state index in [4.69, 9.17) is 11.6 Å². The van der Waals surface area contributed by atoms with Crippen LogP contribution in [0.3, 0.4) is 0 Å². The Kier molecular flexibility index (Phi) is 5.50. The number of nitrogens with one attached hydrogen (secondary N) is 1. The maximum Gasteiger partial charge on any atom is 0.253 e. The van der Waals surface area contributed by atoms with Crippen molar-refractivity contribution in [2.24, 2.45) is 0 Å². The van der Waals surface area contributed by atoms with E-state index >= 15 is 0 Å². The molecule has 1 aliphatic rings. The van der Waals surface area contributed by atoms with E-state index in [1.165, 1.54) is 10.4 Å². The van der Waals surface area contributed by atoms with Gasteiger partial charge in [0.1, 0.15) is 10.3 Å². The first-order chi connectivity index (χ1) is 11.4. The lowest BCUT2D eigenvalue weighted by Gasteiger charge is -2.22. The maximum absolute atomic E-state index is 12.8. The second-order valence-corrected chi connectivity index (χ2v) is 10.4. The summed E-state index contributed by atoms with van der Waals surface area (Å²) >= 11 is 9.03. The zero-order valence-electron chi connectivity index (χ0n) is 12.4. The van der Waals surface area contributed by atoms with Crippen molar-refractivity contribution in [2.45, 2.75) is 23.1 Å². The van der Waals surface area contributed by atoms with Crippen LogP contribution in [0.15, 0.2) is 40.6 Å². The molecule has 3 rings (SSSR count). The monoisotopic (exact) mass is 496 g/mol. The first-order valence-electron chi connectivity index (χ1n) is 7.21. The predicted octanol–water partition coefficient (Wildman–Crippen LogP) is 3.80. The molecule has 1 fully saturated rings. The molecule has 5 nitrogen and oxygen atoms in total. The number of thiophene rings is 1. The van der Waals surface area contributed by atoms with Gasteiger partial charge in [0.25, 0.3) is 10.0 Å². The van der Waals surface area contributed by atoms with E-state index in [1.807, 2.05) is 12.1 Å². The zero-order chi connectivity index (χ0) is 17.3. The summed E-state index contributed by atoms with van der Waals surface area (Å²) in [5.74, 6) is -0.306. The van der Waals surface area contributed by atoms with Crippen LogP contribution >= 0.6 is 45.5 Å². The highest BCUT2D eigenvalue weighted by Crippen LogP contribution is 2.32. The summed E-state index contributed by atoms with van der Waals surface area (Å²) in [6.07, 6.45) is 1.16. The minimum Gasteiger partial charge on any atom is -0.325 e. The van der Waals surface area contributed by atoms with Crippen LogP contribution in [-0.4, -0.2) is 31.2 Å². The molecular formula is C15H14ClIN2O3S2. The molecular weight excluding hydrogens is 483 g/mol. The third-order valence-corrected chi connectivity index (χ3v) is 8.06. The Morgan fingerprint density at radius 2 is 1.96 bits per heavy atom. The summed E-state index contributed by atoms with van der Waals surface area (Å²) in [5, 5.41) is 2.80. The fraction of sp³-hybridized carbons (Fsp3) is 0.267. The average molecular weight is 497 g/mol. The fourth-order valence-electron chi connectivity index (χ4n) is 2.60. The van der Waals surface area contributed by atoms with Gasteiger partial charge in [-0.05, 0) is 71.8 Å². The number of hydrogen-bond acceptors (Lipinski definition) is 4. The number of rotatable bonds is 4. The zero-order valence-corrected chi connectivity index (χ0v) is 17.0. The second kappa shape index (κ2) is 7.28. The molecule has 0 unspecified atom stereocenters. The molecule has 1 N–H and O–H groups in total. The van der Waals surface area contributed by atoms with Crippen molar-refractivity contribution in [3.05, 3.63) is 44.3 Å². The van der Waals surface area contributed by atoms with Gasteiger partial charge >= 0.3 is 0 Å². The first kappa shape index (κ1) is 18.1. The minimum absolute atomic E-state index is 0.168. The molecule has 1 amide bonds. The van der Waals surface area contributed by atoms with Crippen LogP contribution in [-0.2, 0) is 14.8 Å². The van der Waals surface area contributed by atoms with Gasteiger partial charge in [0.05, 0.1) is 4.34 Å². The van der Waals surface area contributed by atoms with Gasteiger partial charge in [0, 0.05) is 15.8 Å². The Labute approximate surface area is 163 Å². The quantitative estimate of drug-likeness (QED) is 0.655. The number of anilines is 1. The van der Waals surface area contributed by atoms with Gasteiger partial charge < -0.3 is 5.32 Å². The molecule has 1 saturated heterocycles. The lowest BCUT2D eigenvalue weighted by molar-refractivity contribution is -0.119. The lowest BCUT2D eigenvalue weighted by Crippen LogP contribution is -2.42. The molecule has 2 heterocycles. The van der Waals surface area contributed by atoms with Crippen molar-refractivity contribution in [1.29, 1.82) is 0 Å². The molecule has 1 aliphatic heterocycles. The number of sulfonamides is 1. The largest absolute Gasteiger partial charge is 0.325 e. The summed E-state index contributed by atoms with van der Waals surface area (Å²) in [7, 11) is -3.71. The van der Waals surface area contributed by atoms with Crippen LogP contribution in [0, 0.1) is 3.57 Å². The van der Waals surface area contributed by atoms with Crippen molar-refractivity contribution < 1.29 is 13.2 Å². The van der Waals surface area contributed by atoms with Crippen molar-refractivity contribution in [2.75, 3.05) is 11.9 Å². The second-order valence-electron chi connectivity index (χ2n) is 5.33. The Hall–Kier alpha value is -0.680. The SMILES string of the molecule is O=C(Nc1ccc(I)cc1)[C@H]1CCCN1S(=O)(=O)c1ccc(Cl)s1. The third kappa shape index (κ3) is 3.77. The predicted molar refractivity (Wildman–Crippen MR) is 104 cm³/mol. The van der Waals surface area contributed by atoms with Gasteiger partial charge in [-0.25, -0.2) is 8.42 Å². The Morgan fingerprint density at radius 1 is 1.25 bits per heavy atom. The van der Waals surface area contributed by atoms with Gasteiger partial charge in [0.2, 0.25) is 5.91 Å². The minimum atomic E-state index is -3.71. The van der Waals surface area contributed by atoms with Gasteiger partial charge in [-0.3, -0.25) is 4.79 Å². The van der Waals surface area contributed by atoms with Crippen molar-refractivity contribution in [1.82, 2.24) is 4.31 Å². The Bertz CT molecular complexity index is 852. The summed E-state index contributed by atoms with van der Waals surface area (Å²) in [6, 6.07) is 9.69. The molecule has 0 saturated carbocycles. The maximum atomic E-state index is 12.8. The molecule has 1 aromatic carbocycles. The van der Waals surface area contributed by atoms with Crippen LogP contribution in [0.5, 0.6) is 0 Å². The Morgan fingerprint density at radius 3 is 2.58 bits per heavy atom. The highest BCUT2D eigenvalue weighted by atomic mass is 127. The molecule has 2 aromatic rings. The molecule has 0 spiro atoms. The number of nitrogens with zero attached hydrogens (tertiary/aromatic N) is 1. The van der Waals surface area contributed by atoms with Crippen molar-refractivity contribution in [3.63, 3.8) is 0 Å². The summed E-state index contributed by atoms with van der Waals surface area (Å²) in [4.78, 5) is 12.6. The van der Waals surface area contributed by atoms with Gasteiger partial charge in [-0.15, -0.1) is 11.3 Å². The smallest absolute Gasteiger partial charge is 0.253 e. The third-order valence-electron chi connectivity index (χ3n) is 3.73. The van der Waals surface area contributed by atoms with Gasteiger partial charge in [-0.2, -0.15) is 4.31 Å². The van der Waals surface area contributed by atoms with Crippen LogP contribution in [0.1, 0.15) is 12.8 Å². The number of amides is 1. The van der Waals surface area contributed by atoms with E-state index in [2.05, 4.69) is 27.9 Å². The van der Waals surface area contributed by atoms with E-state index in [9.17, 15) is 13.2 Å². The molecule has 1 atom stereocenters. The number of carbonyl (C=O) groups excluding carboxylic acids is 1. The van der Waals surface area contributed by atoms with Crippen molar-refractivity contribution >= 4 is 67.1 Å². The molecule has 1 aromatic heterocycles. The fourth-order valence-corrected chi connectivity index (χ4v) is 6.23. The van der Waals surface area contributed by atoms with Crippen LogP contribution in [0.25, 0.3) is 0 Å². The van der Waals surface area contributed by atoms with Crippen LogP contribution < -0.4 is 5.32 Å². The van der Waals surface area contributed by atoms with Crippen LogP contribution in [0.4, 0.5) is 5.69 Å². The number of benzene rings is 1. The van der Waals surface area contributed by atoms with Gasteiger partial charge in [-0.1, -0.05) is 11.6 Å². The Balaban J connectivity index is 1.80. The molecule has 24 heavy (non-hydrogen) atoms. The first-order valence-corrected chi connectivity index (χ1v) is 10.9. The van der Waals surface area contributed by atoms with E-state index < -0.39 is 16.1 Å². The number of hydrogen-bond donors (Lipinski definition) is 1. The van der Waals surface area contributed by atoms with Crippen LogP contribution in [0.2, 0.25) is 4.34 Å². The standard InChI is InChI=1S/C15H14ClIN2O3S2/c16-13-7-8-14(23-13)24(21,22)19-9-1-2-12(19)15(20)18-11-5-3-10(17)4-6-11/h3-8,12H,1-2,9H2,(H,18,20)/t12-/m1/s1. The summed E-state index contributed by atoms with van der Waals surface area (Å²) in [6.45, 7) is 0.336. The van der Waals surface area contributed by atoms with E-state index in [-0.39, 0.29) is 10.1 Å². The molecule has 0 radical (unpaired) electrons. The molecule has 0 bridgehead atoms. The highest BCUT2D eigenvalue weighted by Gasteiger charge is 2.40. The van der Waals surface area contributed by atoms with Crippen molar-refractivity contribution in [3.8, 4) is 0 Å². The summed E-state index contributed by atoms with van der Waals surface area (Å²) < 4.78 is 28.4.